The Morgan fingerprint density at radius 1 is 1.42 bits per heavy atom. The molecule has 1 heterocycles. The third kappa shape index (κ3) is 4.86. The Balaban J connectivity index is 2.64. The summed E-state index contributed by atoms with van der Waals surface area (Å²) in [6.45, 7) is 12.1. The van der Waals surface area contributed by atoms with E-state index in [0.717, 1.165) is 12.8 Å². The van der Waals surface area contributed by atoms with Gasteiger partial charge >= 0.3 is 6.09 Å². The minimum absolute atomic E-state index is 0.0466. The molecule has 0 radical (unpaired) electrons. The van der Waals surface area contributed by atoms with Gasteiger partial charge in [0.25, 0.3) is 0 Å². The SMILES string of the molecule is CC/C=C/C[C@@H]1CN(C(=O)OC(C)(C)C)C(C)(C)O1. The zero-order chi connectivity index (χ0) is 14.7. The van der Waals surface area contributed by atoms with Gasteiger partial charge in [-0.05, 0) is 47.5 Å². The van der Waals surface area contributed by atoms with Gasteiger partial charge in [0, 0.05) is 0 Å². The van der Waals surface area contributed by atoms with Crippen LogP contribution in [-0.4, -0.2) is 35.0 Å². The minimum Gasteiger partial charge on any atom is -0.444 e. The van der Waals surface area contributed by atoms with Gasteiger partial charge in [-0.1, -0.05) is 19.1 Å². The molecular formula is C15H27NO3. The zero-order valence-electron chi connectivity index (χ0n) is 13.0. The highest BCUT2D eigenvalue weighted by molar-refractivity contribution is 5.69. The molecule has 1 rings (SSSR count). The normalized spacial score (nSPS) is 23.1. The van der Waals surface area contributed by atoms with E-state index < -0.39 is 11.3 Å². The van der Waals surface area contributed by atoms with Crippen LogP contribution in [0.15, 0.2) is 12.2 Å². The summed E-state index contributed by atoms with van der Waals surface area (Å²) in [6.07, 6.45) is 5.82. The van der Waals surface area contributed by atoms with Crippen molar-refractivity contribution < 1.29 is 14.3 Å². The Bertz CT molecular complexity index is 342. The zero-order valence-corrected chi connectivity index (χ0v) is 13.0. The topological polar surface area (TPSA) is 38.8 Å². The Morgan fingerprint density at radius 2 is 2.05 bits per heavy atom. The van der Waals surface area contributed by atoms with Crippen LogP contribution >= 0.6 is 0 Å². The van der Waals surface area contributed by atoms with Crippen molar-refractivity contribution in [2.24, 2.45) is 0 Å². The molecule has 0 saturated carbocycles. The Hall–Kier alpha value is -1.03. The van der Waals surface area contributed by atoms with Crippen LogP contribution in [0.25, 0.3) is 0 Å². The predicted octanol–water partition coefficient (Wildman–Crippen LogP) is 3.71. The lowest BCUT2D eigenvalue weighted by Gasteiger charge is -2.31. The first kappa shape index (κ1) is 16.0. The molecule has 0 aromatic heterocycles. The van der Waals surface area contributed by atoms with Crippen LogP contribution in [0.4, 0.5) is 4.79 Å². The Morgan fingerprint density at radius 3 is 2.58 bits per heavy atom. The van der Waals surface area contributed by atoms with Crippen LogP contribution in [0.2, 0.25) is 0 Å². The quantitative estimate of drug-likeness (QED) is 0.733. The molecule has 0 N–H and O–H groups in total. The number of carbonyl (C=O) groups excluding carboxylic acids is 1. The van der Waals surface area contributed by atoms with Crippen molar-refractivity contribution in [3.05, 3.63) is 12.2 Å². The van der Waals surface area contributed by atoms with Crippen molar-refractivity contribution in [1.29, 1.82) is 0 Å². The van der Waals surface area contributed by atoms with E-state index in [9.17, 15) is 4.79 Å². The van der Waals surface area contributed by atoms with E-state index in [1.54, 1.807) is 4.90 Å². The second-order valence-corrected chi connectivity index (χ2v) is 6.39. The number of allylic oxidation sites excluding steroid dienone is 1. The van der Waals surface area contributed by atoms with Gasteiger partial charge in [0.1, 0.15) is 11.3 Å². The molecule has 1 fully saturated rings. The van der Waals surface area contributed by atoms with Gasteiger partial charge in [0.05, 0.1) is 12.6 Å². The van der Waals surface area contributed by atoms with Crippen molar-refractivity contribution in [3.63, 3.8) is 0 Å². The number of nitrogens with zero attached hydrogens (tertiary/aromatic N) is 1. The molecule has 4 heteroatoms. The molecule has 1 atom stereocenters. The summed E-state index contributed by atoms with van der Waals surface area (Å²) < 4.78 is 11.3. The molecule has 0 aromatic rings. The number of carbonyl (C=O) groups is 1. The fourth-order valence-corrected chi connectivity index (χ4v) is 2.08. The van der Waals surface area contributed by atoms with Crippen molar-refractivity contribution in [2.45, 2.75) is 71.8 Å². The minimum atomic E-state index is -0.604. The molecule has 1 amide bonds. The maximum atomic E-state index is 12.2. The van der Waals surface area contributed by atoms with Crippen molar-refractivity contribution >= 4 is 6.09 Å². The first-order valence-corrected chi connectivity index (χ1v) is 6.99. The molecule has 4 nitrogen and oxygen atoms in total. The summed E-state index contributed by atoms with van der Waals surface area (Å²) in [5, 5.41) is 0. The number of rotatable bonds is 3. The lowest BCUT2D eigenvalue weighted by atomic mass is 10.2. The lowest BCUT2D eigenvalue weighted by molar-refractivity contribution is -0.0772. The van der Waals surface area contributed by atoms with Crippen LogP contribution in [0.5, 0.6) is 0 Å². The average molecular weight is 269 g/mol. The van der Waals surface area contributed by atoms with E-state index >= 15 is 0 Å². The summed E-state index contributed by atoms with van der Waals surface area (Å²) in [4.78, 5) is 13.8. The summed E-state index contributed by atoms with van der Waals surface area (Å²) in [5.41, 5.74) is -1.08. The van der Waals surface area contributed by atoms with Gasteiger partial charge in [0.15, 0.2) is 0 Å². The molecule has 0 spiro atoms. The van der Waals surface area contributed by atoms with E-state index in [1.165, 1.54) is 0 Å². The number of ether oxygens (including phenoxy) is 2. The highest BCUT2D eigenvalue weighted by Crippen LogP contribution is 2.30. The summed E-state index contributed by atoms with van der Waals surface area (Å²) in [6, 6.07) is 0. The molecule has 0 aliphatic carbocycles. The monoisotopic (exact) mass is 269 g/mol. The highest BCUT2D eigenvalue weighted by atomic mass is 16.6. The number of hydrogen-bond donors (Lipinski definition) is 0. The Labute approximate surface area is 116 Å². The van der Waals surface area contributed by atoms with Gasteiger partial charge in [0.2, 0.25) is 0 Å². The van der Waals surface area contributed by atoms with E-state index in [0.29, 0.717) is 6.54 Å². The van der Waals surface area contributed by atoms with Crippen LogP contribution in [0, 0.1) is 0 Å². The van der Waals surface area contributed by atoms with Gasteiger partial charge in [-0.15, -0.1) is 0 Å². The molecule has 110 valence electrons. The Kier molecular flexibility index (Phi) is 5.02. The van der Waals surface area contributed by atoms with Crippen molar-refractivity contribution in [2.75, 3.05) is 6.54 Å². The summed E-state index contributed by atoms with van der Waals surface area (Å²) >= 11 is 0. The first-order chi connectivity index (χ1) is 8.65. The van der Waals surface area contributed by atoms with Crippen LogP contribution in [-0.2, 0) is 9.47 Å². The van der Waals surface area contributed by atoms with Crippen LogP contribution in [0.3, 0.4) is 0 Å². The molecule has 0 aromatic carbocycles. The lowest BCUT2D eigenvalue weighted by Crippen LogP contribution is -2.46. The maximum Gasteiger partial charge on any atom is 0.412 e. The largest absolute Gasteiger partial charge is 0.444 e. The van der Waals surface area contributed by atoms with E-state index in [2.05, 4.69) is 19.1 Å². The second kappa shape index (κ2) is 5.95. The number of amides is 1. The fraction of sp³-hybridized carbons (Fsp3) is 0.800. The van der Waals surface area contributed by atoms with Gasteiger partial charge in [-0.25, -0.2) is 4.79 Å². The standard InChI is InChI=1S/C15H27NO3/c1-7-8-9-10-12-11-16(15(5,6)18-12)13(17)19-14(2,3)4/h8-9,12H,7,10-11H2,1-6H3/b9-8+/t12-/m1/s1. The molecule has 1 saturated heterocycles. The second-order valence-electron chi connectivity index (χ2n) is 6.39. The van der Waals surface area contributed by atoms with E-state index in [-0.39, 0.29) is 12.2 Å². The fourth-order valence-electron chi connectivity index (χ4n) is 2.08. The third-order valence-electron chi connectivity index (χ3n) is 2.91. The van der Waals surface area contributed by atoms with Gasteiger partial charge < -0.3 is 9.47 Å². The molecule has 0 unspecified atom stereocenters. The molecule has 0 bridgehead atoms. The van der Waals surface area contributed by atoms with E-state index in [4.69, 9.17) is 9.47 Å². The van der Waals surface area contributed by atoms with Crippen molar-refractivity contribution in [3.8, 4) is 0 Å². The summed E-state index contributed by atoms with van der Waals surface area (Å²) in [7, 11) is 0. The predicted molar refractivity (Wildman–Crippen MR) is 75.9 cm³/mol. The third-order valence-corrected chi connectivity index (χ3v) is 2.91. The molecule has 1 aliphatic heterocycles. The van der Waals surface area contributed by atoms with Gasteiger partial charge in [-0.2, -0.15) is 0 Å². The van der Waals surface area contributed by atoms with Gasteiger partial charge in [-0.3, -0.25) is 4.90 Å². The smallest absolute Gasteiger partial charge is 0.412 e. The highest BCUT2D eigenvalue weighted by Gasteiger charge is 2.43. The number of hydrogen-bond acceptors (Lipinski definition) is 3. The van der Waals surface area contributed by atoms with Crippen LogP contribution in [0.1, 0.15) is 54.4 Å². The summed E-state index contributed by atoms with van der Waals surface area (Å²) in [5.74, 6) is 0. The molecule has 19 heavy (non-hydrogen) atoms. The molecule has 1 aliphatic rings. The van der Waals surface area contributed by atoms with Crippen LogP contribution < -0.4 is 0 Å². The average Bonchev–Trinajstić information content (AvgIpc) is 2.51. The van der Waals surface area contributed by atoms with E-state index in [1.807, 2.05) is 34.6 Å². The maximum absolute atomic E-state index is 12.2. The first-order valence-electron chi connectivity index (χ1n) is 6.99. The molecular weight excluding hydrogens is 242 g/mol. The van der Waals surface area contributed by atoms with Crippen molar-refractivity contribution in [1.82, 2.24) is 4.90 Å².